The molecule has 3 N–H and O–H groups in total. The van der Waals surface area contributed by atoms with Crippen molar-refractivity contribution < 1.29 is 9.00 Å². The Bertz CT molecular complexity index is 256. The van der Waals surface area contributed by atoms with E-state index in [0.29, 0.717) is 12.6 Å². The molecule has 0 radical (unpaired) electrons. The third-order valence-electron chi connectivity index (χ3n) is 2.89. The highest BCUT2D eigenvalue weighted by Gasteiger charge is 2.26. The molecule has 1 aliphatic rings. The van der Waals surface area contributed by atoms with Crippen molar-refractivity contribution in [2.45, 2.75) is 32.7 Å². The van der Waals surface area contributed by atoms with Crippen molar-refractivity contribution in [3.8, 4) is 0 Å². The van der Waals surface area contributed by atoms with Crippen LogP contribution in [-0.2, 0) is 15.6 Å². The summed E-state index contributed by atoms with van der Waals surface area (Å²) < 4.78 is 11.1. The van der Waals surface area contributed by atoms with Crippen molar-refractivity contribution in [3.05, 3.63) is 0 Å². The minimum absolute atomic E-state index is 0.283. The second-order valence-corrected chi connectivity index (χ2v) is 6.45. The van der Waals surface area contributed by atoms with Crippen LogP contribution in [0.5, 0.6) is 0 Å². The SMILES string of the molecule is CC(C)(CNC1CCS(=O)CC1)C(N)=O. The van der Waals surface area contributed by atoms with Crippen LogP contribution < -0.4 is 11.1 Å². The summed E-state index contributed by atoms with van der Waals surface area (Å²) in [4.78, 5) is 11.1. The third-order valence-corrected chi connectivity index (χ3v) is 4.27. The van der Waals surface area contributed by atoms with E-state index in [2.05, 4.69) is 5.32 Å². The highest BCUT2D eigenvalue weighted by molar-refractivity contribution is 7.85. The molecule has 0 spiro atoms. The van der Waals surface area contributed by atoms with Gasteiger partial charge in [-0.05, 0) is 26.7 Å². The van der Waals surface area contributed by atoms with Gasteiger partial charge in [-0.15, -0.1) is 0 Å². The lowest BCUT2D eigenvalue weighted by atomic mass is 9.92. The average molecular weight is 232 g/mol. The smallest absolute Gasteiger partial charge is 0.224 e. The Balaban J connectivity index is 2.31. The molecule has 0 bridgehead atoms. The van der Waals surface area contributed by atoms with Gasteiger partial charge in [-0.1, -0.05) is 0 Å². The average Bonchev–Trinajstić information content (AvgIpc) is 2.17. The molecular formula is C10H20N2O2S. The van der Waals surface area contributed by atoms with Crippen LogP contribution in [0.25, 0.3) is 0 Å². The van der Waals surface area contributed by atoms with Gasteiger partial charge in [0.25, 0.3) is 0 Å². The number of amides is 1. The van der Waals surface area contributed by atoms with Crippen molar-refractivity contribution in [2.24, 2.45) is 11.1 Å². The molecule has 0 saturated carbocycles. The maximum Gasteiger partial charge on any atom is 0.224 e. The van der Waals surface area contributed by atoms with E-state index in [1.165, 1.54) is 0 Å². The number of hydrogen-bond acceptors (Lipinski definition) is 3. The number of primary amides is 1. The van der Waals surface area contributed by atoms with Crippen LogP contribution in [0.3, 0.4) is 0 Å². The highest BCUT2D eigenvalue weighted by atomic mass is 32.2. The van der Waals surface area contributed by atoms with Gasteiger partial charge >= 0.3 is 0 Å². The van der Waals surface area contributed by atoms with Crippen molar-refractivity contribution in [3.63, 3.8) is 0 Å². The summed E-state index contributed by atoms with van der Waals surface area (Å²) in [6.07, 6.45) is 1.86. The maximum atomic E-state index is 11.1. The van der Waals surface area contributed by atoms with Crippen molar-refractivity contribution in [1.29, 1.82) is 0 Å². The molecule has 15 heavy (non-hydrogen) atoms. The molecule has 1 rings (SSSR count). The molecule has 0 aromatic heterocycles. The van der Waals surface area contributed by atoms with E-state index in [9.17, 15) is 9.00 Å². The van der Waals surface area contributed by atoms with Crippen LogP contribution in [0.1, 0.15) is 26.7 Å². The van der Waals surface area contributed by atoms with E-state index >= 15 is 0 Å². The molecule has 4 nitrogen and oxygen atoms in total. The van der Waals surface area contributed by atoms with Crippen LogP contribution >= 0.6 is 0 Å². The van der Waals surface area contributed by atoms with E-state index in [1.807, 2.05) is 13.8 Å². The molecule has 0 aromatic rings. The quantitative estimate of drug-likeness (QED) is 0.716. The molecule has 0 aliphatic carbocycles. The van der Waals surface area contributed by atoms with Gasteiger partial charge in [-0.25, -0.2) is 0 Å². The summed E-state index contributed by atoms with van der Waals surface area (Å²) in [5, 5.41) is 3.33. The summed E-state index contributed by atoms with van der Waals surface area (Å²) in [6, 6.07) is 0.390. The third kappa shape index (κ3) is 3.91. The summed E-state index contributed by atoms with van der Waals surface area (Å²) in [7, 11) is -0.626. The Morgan fingerprint density at radius 3 is 2.47 bits per heavy atom. The summed E-state index contributed by atoms with van der Waals surface area (Å²) in [5.74, 6) is 1.26. The molecule has 0 unspecified atom stereocenters. The van der Waals surface area contributed by atoms with E-state index < -0.39 is 16.2 Å². The van der Waals surface area contributed by atoms with Gasteiger partial charge in [0.05, 0.1) is 5.41 Å². The highest BCUT2D eigenvalue weighted by Crippen LogP contribution is 2.15. The number of nitrogens with one attached hydrogen (secondary N) is 1. The normalized spacial score (nSPS) is 27.6. The van der Waals surface area contributed by atoms with Gasteiger partial charge < -0.3 is 11.1 Å². The lowest BCUT2D eigenvalue weighted by molar-refractivity contribution is -0.125. The van der Waals surface area contributed by atoms with Crippen LogP contribution in [0, 0.1) is 5.41 Å². The number of carbonyl (C=O) groups excluding carboxylic acids is 1. The number of rotatable bonds is 4. The predicted octanol–water partition coefficient (Wildman–Crippen LogP) is -0.00140. The van der Waals surface area contributed by atoms with Crippen molar-refractivity contribution in [2.75, 3.05) is 18.1 Å². The number of carbonyl (C=O) groups is 1. The molecule has 1 fully saturated rings. The lowest BCUT2D eigenvalue weighted by Gasteiger charge is -2.27. The molecule has 1 aliphatic heterocycles. The first-order valence-corrected chi connectivity index (χ1v) is 6.79. The van der Waals surface area contributed by atoms with Crippen molar-refractivity contribution >= 4 is 16.7 Å². The van der Waals surface area contributed by atoms with Crippen LogP contribution in [0.4, 0.5) is 0 Å². The Morgan fingerprint density at radius 2 is 2.00 bits per heavy atom. The van der Waals surface area contributed by atoms with Crippen molar-refractivity contribution in [1.82, 2.24) is 5.32 Å². The minimum Gasteiger partial charge on any atom is -0.369 e. The zero-order valence-electron chi connectivity index (χ0n) is 9.41. The maximum absolute atomic E-state index is 11.1. The second-order valence-electron chi connectivity index (χ2n) is 4.75. The van der Waals surface area contributed by atoms with E-state index in [-0.39, 0.29) is 5.91 Å². The Labute approximate surface area is 93.4 Å². The van der Waals surface area contributed by atoms with Gasteiger partial charge in [0, 0.05) is 34.9 Å². The largest absolute Gasteiger partial charge is 0.369 e. The monoisotopic (exact) mass is 232 g/mol. The predicted molar refractivity (Wildman–Crippen MR) is 61.9 cm³/mol. The molecule has 88 valence electrons. The first kappa shape index (κ1) is 12.6. The Morgan fingerprint density at radius 1 is 1.47 bits per heavy atom. The van der Waals surface area contributed by atoms with Crippen LogP contribution in [0.15, 0.2) is 0 Å². The van der Waals surface area contributed by atoms with Gasteiger partial charge in [0.1, 0.15) is 0 Å². The fourth-order valence-electron chi connectivity index (χ4n) is 1.48. The second kappa shape index (κ2) is 5.07. The fourth-order valence-corrected chi connectivity index (χ4v) is 2.78. The Kier molecular flexibility index (Phi) is 4.28. The minimum atomic E-state index is -0.626. The van der Waals surface area contributed by atoms with Crippen LogP contribution in [-0.4, -0.2) is 34.2 Å². The van der Waals surface area contributed by atoms with E-state index in [0.717, 1.165) is 24.3 Å². The zero-order valence-corrected chi connectivity index (χ0v) is 10.2. The first-order chi connectivity index (χ1) is 6.92. The van der Waals surface area contributed by atoms with Crippen LogP contribution in [0.2, 0.25) is 0 Å². The Hall–Kier alpha value is -0.420. The van der Waals surface area contributed by atoms with Gasteiger partial charge in [-0.2, -0.15) is 0 Å². The topological polar surface area (TPSA) is 72.2 Å². The number of hydrogen-bond donors (Lipinski definition) is 2. The van der Waals surface area contributed by atoms with Gasteiger partial charge in [0.2, 0.25) is 5.91 Å². The molecule has 0 aromatic carbocycles. The zero-order chi connectivity index (χ0) is 11.5. The molecule has 5 heteroatoms. The number of nitrogens with two attached hydrogens (primary N) is 1. The summed E-state index contributed by atoms with van der Waals surface area (Å²) >= 11 is 0. The molecule has 1 heterocycles. The summed E-state index contributed by atoms with van der Waals surface area (Å²) in [6.45, 7) is 4.27. The summed E-state index contributed by atoms with van der Waals surface area (Å²) in [5.41, 5.74) is 4.78. The standard InChI is InChI=1S/C10H20N2O2S/c1-10(2,9(11)13)7-12-8-3-5-15(14)6-4-8/h8,12H,3-7H2,1-2H3,(H2,11,13). The molecule has 0 atom stereocenters. The lowest BCUT2D eigenvalue weighted by Crippen LogP contribution is -2.45. The van der Waals surface area contributed by atoms with E-state index in [4.69, 9.17) is 5.73 Å². The van der Waals surface area contributed by atoms with E-state index in [1.54, 1.807) is 0 Å². The molecule has 1 amide bonds. The fraction of sp³-hybridized carbons (Fsp3) is 0.900. The van der Waals surface area contributed by atoms with Gasteiger partial charge in [-0.3, -0.25) is 9.00 Å². The molecule has 1 saturated heterocycles. The molecular weight excluding hydrogens is 212 g/mol. The van der Waals surface area contributed by atoms with Gasteiger partial charge in [0.15, 0.2) is 0 Å². The first-order valence-electron chi connectivity index (χ1n) is 5.30.